The third-order valence-corrected chi connectivity index (χ3v) is 4.00. The summed E-state index contributed by atoms with van der Waals surface area (Å²) < 4.78 is 32.5. The number of nitrogens with one attached hydrogen (secondary N) is 1. The van der Waals surface area contributed by atoms with Gasteiger partial charge in [0.2, 0.25) is 5.13 Å². The summed E-state index contributed by atoms with van der Waals surface area (Å²) in [4.78, 5) is 15.5. The Morgan fingerprint density at radius 3 is 2.83 bits per heavy atom. The van der Waals surface area contributed by atoms with E-state index in [1.54, 1.807) is 12.3 Å². The van der Waals surface area contributed by atoms with Crippen LogP contribution in [0.25, 0.3) is 0 Å². The molecule has 2 aromatic rings. The van der Waals surface area contributed by atoms with Crippen molar-refractivity contribution in [1.29, 1.82) is 0 Å². The summed E-state index contributed by atoms with van der Waals surface area (Å²) in [5, 5.41) is 5.86. The van der Waals surface area contributed by atoms with E-state index in [1.165, 1.54) is 23.5 Å². The third-order valence-electron chi connectivity index (χ3n) is 2.58. The fraction of sp³-hybridized carbons (Fsp3) is 0.214. The monoisotopic (exact) mass is 451 g/mol. The lowest BCUT2D eigenvalue weighted by molar-refractivity contribution is -0.142. The minimum absolute atomic E-state index is 0.0656. The Balaban J connectivity index is 1.99. The van der Waals surface area contributed by atoms with Gasteiger partial charge in [-0.05, 0) is 41.6 Å². The van der Waals surface area contributed by atoms with Crippen molar-refractivity contribution in [3.8, 4) is 0 Å². The van der Waals surface area contributed by atoms with Gasteiger partial charge in [0.05, 0.1) is 30.5 Å². The van der Waals surface area contributed by atoms with Gasteiger partial charge in [0.15, 0.2) is 0 Å². The zero-order valence-corrected chi connectivity index (χ0v) is 15.0. The number of rotatable bonds is 6. The van der Waals surface area contributed by atoms with Gasteiger partial charge in [0.1, 0.15) is 11.6 Å². The van der Waals surface area contributed by atoms with E-state index in [4.69, 9.17) is 4.74 Å². The number of carbonyl (C=O) groups is 1. The molecule has 0 amide bonds. The Kier molecular flexibility index (Phi) is 6.39. The SMILES string of the molecule is CCOC(=O)Cc1csc(NN=Cc2c(F)cc(I)cc2F)n1. The molecule has 1 aromatic carbocycles. The van der Waals surface area contributed by atoms with Crippen molar-refractivity contribution in [3.05, 3.63) is 44.0 Å². The molecule has 1 heterocycles. The first-order valence-corrected chi connectivity index (χ1v) is 8.49. The minimum Gasteiger partial charge on any atom is -0.466 e. The molecule has 1 N–H and O–H groups in total. The predicted octanol–water partition coefficient (Wildman–Crippen LogP) is 3.58. The highest BCUT2D eigenvalue weighted by Gasteiger charge is 2.09. The van der Waals surface area contributed by atoms with E-state index in [0.29, 0.717) is 21.0 Å². The van der Waals surface area contributed by atoms with Crippen LogP contribution in [0.15, 0.2) is 22.6 Å². The number of aromatic nitrogens is 1. The first kappa shape index (κ1) is 17.7. The van der Waals surface area contributed by atoms with Crippen LogP contribution in [-0.4, -0.2) is 23.8 Å². The topological polar surface area (TPSA) is 63.6 Å². The van der Waals surface area contributed by atoms with Crippen LogP contribution in [0.3, 0.4) is 0 Å². The Hall–Kier alpha value is -1.62. The van der Waals surface area contributed by atoms with Crippen LogP contribution in [-0.2, 0) is 16.0 Å². The number of hydrazone groups is 1. The van der Waals surface area contributed by atoms with Crippen molar-refractivity contribution in [1.82, 2.24) is 4.98 Å². The molecular formula is C14H12F2IN3O2S. The Morgan fingerprint density at radius 1 is 1.48 bits per heavy atom. The number of esters is 1. The Labute approximate surface area is 148 Å². The van der Waals surface area contributed by atoms with Gasteiger partial charge in [0, 0.05) is 8.95 Å². The lowest BCUT2D eigenvalue weighted by atomic mass is 10.2. The van der Waals surface area contributed by atoms with Gasteiger partial charge in [-0.2, -0.15) is 5.10 Å². The van der Waals surface area contributed by atoms with Crippen LogP contribution in [0, 0.1) is 15.2 Å². The minimum atomic E-state index is -0.693. The van der Waals surface area contributed by atoms with E-state index in [-0.39, 0.29) is 18.0 Å². The number of carbonyl (C=O) groups excluding carboxylic acids is 1. The molecule has 0 unspecified atom stereocenters. The zero-order valence-electron chi connectivity index (χ0n) is 12.0. The summed E-state index contributed by atoms with van der Waals surface area (Å²) in [5.74, 6) is -1.75. The predicted molar refractivity (Wildman–Crippen MR) is 92.7 cm³/mol. The van der Waals surface area contributed by atoms with E-state index in [9.17, 15) is 13.6 Å². The van der Waals surface area contributed by atoms with E-state index in [1.807, 2.05) is 22.6 Å². The number of ether oxygens (including phenoxy) is 1. The number of hydrogen-bond acceptors (Lipinski definition) is 6. The summed E-state index contributed by atoms with van der Waals surface area (Å²) in [7, 11) is 0. The van der Waals surface area contributed by atoms with Crippen LogP contribution >= 0.6 is 33.9 Å². The average Bonchev–Trinajstić information content (AvgIpc) is 2.89. The van der Waals surface area contributed by atoms with Gasteiger partial charge in [0.25, 0.3) is 0 Å². The van der Waals surface area contributed by atoms with Crippen molar-refractivity contribution in [3.63, 3.8) is 0 Å². The molecule has 0 aliphatic carbocycles. The van der Waals surface area contributed by atoms with E-state index >= 15 is 0 Å². The molecule has 0 saturated heterocycles. The molecule has 0 aliphatic heterocycles. The van der Waals surface area contributed by atoms with Crippen molar-refractivity contribution in [2.75, 3.05) is 12.0 Å². The Morgan fingerprint density at radius 2 is 2.17 bits per heavy atom. The van der Waals surface area contributed by atoms with E-state index in [0.717, 1.165) is 6.21 Å². The van der Waals surface area contributed by atoms with Crippen LogP contribution in [0.5, 0.6) is 0 Å². The quantitative estimate of drug-likeness (QED) is 0.316. The Bertz CT molecular complexity index is 714. The molecule has 0 fully saturated rings. The number of benzene rings is 1. The number of thiazole rings is 1. The molecule has 122 valence electrons. The third kappa shape index (κ3) is 5.20. The largest absolute Gasteiger partial charge is 0.466 e. The van der Waals surface area contributed by atoms with Crippen LogP contribution in [0.1, 0.15) is 18.2 Å². The molecule has 0 atom stereocenters. The molecule has 0 radical (unpaired) electrons. The van der Waals surface area contributed by atoms with Gasteiger partial charge in [-0.25, -0.2) is 13.8 Å². The highest BCUT2D eigenvalue weighted by molar-refractivity contribution is 14.1. The van der Waals surface area contributed by atoms with E-state index < -0.39 is 11.6 Å². The highest BCUT2D eigenvalue weighted by atomic mass is 127. The number of hydrogen-bond donors (Lipinski definition) is 1. The molecular weight excluding hydrogens is 439 g/mol. The molecule has 9 heteroatoms. The lowest BCUT2D eigenvalue weighted by Crippen LogP contribution is -2.07. The zero-order chi connectivity index (χ0) is 16.8. The van der Waals surface area contributed by atoms with Crippen molar-refractivity contribution in [2.24, 2.45) is 5.10 Å². The molecule has 1 aromatic heterocycles. The van der Waals surface area contributed by atoms with Crippen molar-refractivity contribution < 1.29 is 18.3 Å². The second kappa shape index (κ2) is 8.29. The number of anilines is 1. The standard InChI is InChI=1S/C14H12F2IN3O2S/c1-2-22-13(21)5-9-7-23-14(19-9)20-18-6-10-11(15)3-8(17)4-12(10)16/h3-4,6-7H,2,5H2,1H3,(H,19,20). The van der Waals surface area contributed by atoms with Crippen molar-refractivity contribution >= 4 is 51.2 Å². The summed E-state index contributed by atoms with van der Waals surface area (Å²) in [6.45, 7) is 2.04. The molecule has 23 heavy (non-hydrogen) atoms. The van der Waals surface area contributed by atoms with Crippen molar-refractivity contribution in [2.45, 2.75) is 13.3 Å². The van der Waals surface area contributed by atoms with Gasteiger partial charge in [-0.15, -0.1) is 11.3 Å². The molecule has 0 spiro atoms. The van der Waals surface area contributed by atoms with Gasteiger partial charge in [-0.1, -0.05) is 0 Å². The smallest absolute Gasteiger partial charge is 0.311 e. The normalized spacial score (nSPS) is 11.0. The lowest BCUT2D eigenvalue weighted by Gasteiger charge is -2.00. The molecule has 5 nitrogen and oxygen atoms in total. The van der Waals surface area contributed by atoms with Gasteiger partial charge >= 0.3 is 5.97 Å². The fourth-order valence-corrected chi connectivity index (χ4v) is 2.83. The van der Waals surface area contributed by atoms with Crippen LogP contribution in [0.2, 0.25) is 0 Å². The maximum atomic E-state index is 13.6. The summed E-state index contributed by atoms with van der Waals surface area (Å²) in [6.07, 6.45) is 1.11. The first-order valence-electron chi connectivity index (χ1n) is 6.53. The second-order valence-electron chi connectivity index (χ2n) is 4.28. The number of halogens is 3. The summed E-state index contributed by atoms with van der Waals surface area (Å²) >= 11 is 3.05. The van der Waals surface area contributed by atoms with E-state index in [2.05, 4.69) is 15.5 Å². The summed E-state index contributed by atoms with van der Waals surface area (Å²) in [6, 6.07) is 2.43. The van der Waals surface area contributed by atoms with Gasteiger partial charge < -0.3 is 4.74 Å². The molecule has 0 aliphatic rings. The first-order chi connectivity index (χ1) is 11.0. The fourth-order valence-electron chi connectivity index (χ4n) is 1.63. The highest BCUT2D eigenvalue weighted by Crippen LogP contribution is 2.17. The second-order valence-corrected chi connectivity index (χ2v) is 6.38. The average molecular weight is 451 g/mol. The van der Waals surface area contributed by atoms with Gasteiger partial charge in [-0.3, -0.25) is 10.2 Å². The summed E-state index contributed by atoms with van der Waals surface area (Å²) in [5.41, 5.74) is 2.88. The van der Waals surface area contributed by atoms with Crippen LogP contribution < -0.4 is 5.43 Å². The van der Waals surface area contributed by atoms with Crippen LogP contribution in [0.4, 0.5) is 13.9 Å². The maximum absolute atomic E-state index is 13.6. The maximum Gasteiger partial charge on any atom is 0.311 e. The molecule has 2 rings (SSSR count). The number of nitrogens with zero attached hydrogens (tertiary/aromatic N) is 2. The molecule has 0 bridgehead atoms. The molecule has 0 saturated carbocycles.